The van der Waals surface area contributed by atoms with Gasteiger partial charge in [0.15, 0.2) is 5.76 Å². The molecule has 0 aliphatic heterocycles. The molecular weight excluding hydrogens is 248 g/mol. The van der Waals surface area contributed by atoms with E-state index in [4.69, 9.17) is 14.0 Å². The molecule has 2 N–H and O–H groups in total. The minimum atomic E-state index is -0.539. The van der Waals surface area contributed by atoms with Crippen LogP contribution in [0.1, 0.15) is 25.3 Å². The summed E-state index contributed by atoms with van der Waals surface area (Å²) in [4.78, 5) is 0. The van der Waals surface area contributed by atoms with Crippen molar-refractivity contribution in [2.24, 2.45) is 0 Å². The Hall–Kier alpha value is -0.950. The molecule has 0 saturated heterocycles. The molecule has 0 radical (unpaired) electrons. The number of aromatic nitrogens is 1. The van der Waals surface area contributed by atoms with Gasteiger partial charge < -0.3 is 24.4 Å². The normalized spacial score (nSPS) is 13.1. The molecule has 1 heterocycles. The highest BCUT2D eigenvalue weighted by Gasteiger charge is 2.05. The Kier molecular flexibility index (Phi) is 7.66. The van der Waals surface area contributed by atoms with Gasteiger partial charge in [0, 0.05) is 12.6 Å². The van der Waals surface area contributed by atoms with Crippen molar-refractivity contribution < 1.29 is 19.1 Å². The molecule has 0 spiro atoms. The Balaban J connectivity index is 1.97. The van der Waals surface area contributed by atoms with Crippen molar-refractivity contribution in [2.75, 3.05) is 26.4 Å². The lowest BCUT2D eigenvalue weighted by Gasteiger charge is -2.12. The fourth-order valence-electron chi connectivity index (χ4n) is 1.48. The number of ether oxygens (including phenoxy) is 2. The minimum Gasteiger partial charge on any atom is -0.389 e. The van der Waals surface area contributed by atoms with Crippen LogP contribution in [-0.2, 0) is 16.0 Å². The van der Waals surface area contributed by atoms with Crippen LogP contribution in [0.25, 0.3) is 0 Å². The molecule has 0 fully saturated rings. The molecule has 6 heteroatoms. The summed E-state index contributed by atoms with van der Waals surface area (Å²) in [6.45, 7) is 8.16. The highest BCUT2D eigenvalue weighted by molar-refractivity contribution is 5.02. The van der Waals surface area contributed by atoms with Gasteiger partial charge in [-0.15, -0.1) is 0 Å². The van der Waals surface area contributed by atoms with Gasteiger partial charge in [-0.25, -0.2) is 0 Å². The SMILES string of the molecule is Cc1cc(CNCC(O)COCCOC(C)C)on1. The second-order valence-electron chi connectivity index (χ2n) is 4.71. The van der Waals surface area contributed by atoms with E-state index in [2.05, 4.69) is 10.5 Å². The van der Waals surface area contributed by atoms with Crippen molar-refractivity contribution in [3.05, 3.63) is 17.5 Å². The standard InChI is InChI=1S/C13H24N2O4/c1-10(2)18-5-4-17-9-12(16)7-14-8-13-6-11(3)15-19-13/h6,10,12,14,16H,4-5,7-9H2,1-3H3. The zero-order chi connectivity index (χ0) is 14.1. The van der Waals surface area contributed by atoms with Gasteiger partial charge in [0.05, 0.1) is 44.3 Å². The number of rotatable bonds is 10. The first-order valence-electron chi connectivity index (χ1n) is 6.58. The van der Waals surface area contributed by atoms with E-state index in [1.807, 2.05) is 26.8 Å². The van der Waals surface area contributed by atoms with E-state index < -0.39 is 6.10 Å². The molecule has 0 aliphatic rings. The second-order valence-corrected chi connectivity index (χ2v) is 4.71. The molecule has 1 aromatic heterocycles. The Morgan fingerprint density at radius 3 is 2.84 bits per heavy atom. The molecule has 0 saturated carbocycles. The third kappa shape index (κ3) is 7.94. The minimum absolute atomic E-state index is 0.209. The van der Waals surface area contributed by atoms with Crippen LogP contribution in [-0.4, -0.2) is 48.8 Å². The van der Waals surface area contributed by atoms with E-state index in [0.29, 0.717) is 32.9 Å². The maximum absolute atomic E-state index is 9.67. The average Bonchev–Trinajstić information content (AvgIpc) is 2.74. The highest BCUT2D eigenvalue weighted by Crippen LogP contribution is 2.00. The molecule has 110 valence electrons. The van der Waals surface area contributed by atoms with Gasteiger partial charge in [-0.2, -0.15) is 0 Å². The van der Waals surface area contributed by atoms with Crippen LogP contribution in [0.15, 0.2) is 10.6 Å². The van der Waals surface area contributed by atoms with Gasteiger partial charge in [0.1, 0.15) is 0 Å². The highest BCUT2D eigenvalue weighted by atomic mass is 16.5. The Labute approximate surface area is 114 Å². The molecule has 0 aromatic carbocycles. The van der Waals surface area contributed by atoms with Crippen molar-refractivity contribution in [2.45, 2.75) is 39.5 Å². The lowest BCUT2D eigenvalue weighted by atomic mass is 10.3. The summed E-state index contributed by atoms with van der Waals surface area (Å²) in [7, 11) is 0. The van der Waals surface area contributed by atoms with Gasteiger partial charge in [-0.05, 0) is 20.8 Å². The summed E-state index contributed by atoms with van der Waals surface area (Å²) in [6, 6.07) is 1.86. The monoisotopic (exact) mass is 272 g/mol. The topological polar surface area (TPSA) is 76.8 Å². The summed E-state index contributed by atoms with van der Waals surface area (Å²) >= 11 is 0. The van der Waals surface area contributed by atoms with Crippen LogP contribution in [0.2, 0.25) is 0 Å². The Morgan fingerprint density at radius 2 is 2.21 bits per heavy atom. The fraction of sp³-hybridized carbons (Fsp3) is 0.769. The van der Waals surface area contributed by atoms with Gasteiger partial charge >= 0.3 is 0 Å². The molecule has 0 bridgehead atoms. The van der Waals surface area contributed by atoms with Gasteiger partial charge in [-0.1, -0.05) is 5.16 Å². The largest absolute Gasteiger partial charge is 0.389 e. The summed E-state index contributed by atoms with van der Waals surface area (Å²) in [5.41, 5.74) is 0.853. The first-order valence-corrected chi connectivity index (χ1v) is 6.58. The lowest BCUT2D eigenvalue weighted by molar-refractivity contribution is -0.0101. The molecule has 1 rings (SSSR count). The number of hydrogen-bond acceptors (Lipinski definition) is 6. The summed E-state index contributed by atoms with van der Waals surface area (Å²) in [6.07, 6.45) is -0.330. The number of aliphatic hydroxyl groups is 1. The van der Waals surface area contributed by atoms with E-state index in [0.717, 1.165) is 11.5 Å². The van der Waals surface area contributed by atoms with Crippen LogP contribution in [0.3, 0.4) is 0 Å². The van der Waals surface area contributed by atoms with Crippen molar-refractivity contribution in [1.29, 1.82) is 0 Å². The van der Waals surface area contributed by atoms with Crippen molar-refractivity contribution in [1.82, 2.24) is 10.5 Å². The maximum Gasteiger partial charge on any atom is 0.150 e. The summed E-state index contributed by atoms with van der Waals surface area (Å²) in [5, 5.41) is 16.5. The molecule has 1 atom stereocenters. The first kappa shape index (κ1) is 16.1. The van der Waals surface area contributed by atoms with E-state index >= 15 is 0 Å². The average molecular weight is 272 g/mol. The smallest absolute Gasteiger partial charge is 0.150 e. The van der Waals surface area contributed by atoms with E-state index in [9.17, 15) is 5.11 Å². The predicted octanol–water partition coefficient (Wildman–Crippen LogP) is 0.875. The zero-order valence-corrected chi connectivity index (χ0v) is 11.9. The number of nitrogens with zero attached hydrogens (tertiary/aromatic N) is 1. The van der Waals surface area contributed by atoms with Gasteiger partial charge in [0.25, 0.3) is 0 Å². The van der Waals surface area contributed by atoms with E-state index in [1.54, 1.807) is 0 Å². The number of aryl methyl sites for hydroxylation is 1. The van der Waals surface area contributed by atoms with Gasteiger partial charge in [0.2, 0.25) is 0 Å². The van der Waals surface area contributed by atoms with Crippen LogP contribution < -0.4 is 5.32 Å². The molecule has 1 aromatic rings. The summed E-state index contributed by atoms with van der Waals surface area (Å²) in [5.74, 6) is 0.760. The molecule has 6 nitrogen and oxygen atoms in total. The zero-order valence-electron chi connectivity index (χ0n) is 11.9. The van der Waals surface area contributed by atoms with E-state index in [-0.39, 0.29) is 6.10 Å². The second kappa shape index (κ2) is 9.03. The predicted molar refractivity (Wildman–Crippen MR) is 70.9 cm³/mol. The Bertz CT molecular complexity index is 341. The van der Waals surface area contributed by atoms with Crippen molar-refractivity contribution >= 4 is 0 Å². The van der Waals surface area contributed by atoms with E-state index in [1.165, 1.54) is 0 Å². The maximum atomic E-state index is 9.67. The molecule has 0 amide bonds. The quantitative estimate of drug-likeness (QED) is 0.616. The number of nitrogens with one attached hydrogen (secondary N) is 1. The number of aliphatic hydroxyl groups excluding tert-OH is 1. The molecule has 1 unspecified atom stereocenters. The van der Waals surface area contributed by atoms with Gasteiger partial charge in [-0.3, -0.25) is 0 Å². The van der Waals surface area contributed by atoms with Crippen LogP contribution in [0.4, 0.5) is 0 Å². The molecular formula is C13H24N2O4. The van der Waals surface area contributed by atoms with Crippen LogP contribution >= 0.6 is 0 Å². The summed E-state index contributed by atoms with van der Waals surface area (Å²) < 4.78 is 15.7. The molecule has 0 aliphatic carbocycles. The molecule has 19 heavy (non-hydrogen) atoms. The Morgan fingerprint density at radius 1 is 1.42 bits per heavy atom. The van der Waals surface area contributed by atoms with Crippen LogP contribution in [0.5, 0.6) is 0 Å². The first-order chi connectivity index (χ1) is 9.08. The fourth-order valence-corrected chi connectivity index (χ4v) is 1.48. The lowest BCUT2D eigenvalue weighted by Crippen LogP contribution is -2.30. The van der Waals surface area contributed by atoms with Crippen LogP contribution in [0, 0.1) is 6.92 Å². The van der Waals surface area contributed by atoms with Crippen molar-refractivity contribution in [3.8, 4) is 0 Å². The third-order valence-electron chi connectivity index (χ3n) is 2.35. The number of hydrogen-bond donors (Lipinski definition) is 2. The van der Waals surface area contributed by atoms with Crippen molar-refractivity contribution in [3.63, 3.8) is 0 Å². The third-order valence-corrected chi connectivity index (χ3v) is 2.35.